The third kappa shape index (κ3) is 2.44. The Kier molecular flexibility index (Phi) is 3.51. The summed E-state index contributed by atoms with van der Waals surface area (Å²) < 4.78 is 5.40. The quantitative estimate of drug-likeness (QED) is 0.793. The van der Waals surface area contributed by atoms with Gasteiger partial charge in [0, 0.05) is 18.0 Å². The van der Waals surface area contributed by atoms with Crippen molar-refractivity contribution in [2.24, 2.45) is 0 Å². The van der Waals surface area contributed by atoms with Crippen LogP contribution in [0.4, 0.5) is 0 Å². The van der Waals surface area contributed by atoms with Gasteiger partial charge in [-0.1, -0.05) is 19.0 Å². The van der Waals surface area contributed by atoms with Gasteiger partial charge in [0.25, 0.3) is 5.91 Å². The van der Waals surface area contributed by atoms with Crippen molar-refractivity contribution < 1.29 is 9.32 Å². The molecule has 1 aliphatic heterocycles. The number of likely N-dealkylation sites (tertiary alicyclic amines) is 1. The summed E-state index contributed by atoms with van der Waals surface area (Å²) in [6.45, 7) is 4.71. The minimum Gasteiger partial charge on any atom is -0.337 e. The molecule has 1 unspecified atom stereocenters. The molecule has 1 aliphatic rings. The molecule has 1 saturated heterocycles. The molecule has 8 nitrogen and oxygen atoms in total. The van der Waals surface area contributed by atoms with Crippen molar-refractivity contribution in [1.29, 1.82) is 0 Å². The number of nitrogens with one attached hydrogen (secondary N) is 1. The maximum atomic E-state index is 12.9. The van der Waals surface area contributed by atoms with Gasteiger partial charge in [-0.3, -0.25) is 4.79 Å². The van der Waals surface area contributed by atoms with E-state index in [9.17, 15) is 4.79 Å². The summed E-state index contributed by atoms with van der Waals surface area (Å²) in [4.78, 5) is 19.2. The highest BCUT2D eigenvalue weighted by Crippen LogP contribution is 2.33. The fourth-order valence-electron chi connectivity index (χ4n) is 3.02. The summed E-state index contributed by atoms with van der Waals surface area (Å²) in [6, 6.07) is 5.16. The third-order valence-electron chi connectivity index (χ3n) is 4.34. The fourth-order valence-corrected chi connectivity index (χ4v) is 3.02. The van der Waals surface area contributed by atoms with Gasteiger partial charge in [0.2, 0.25) is 5.89 Å². The Morgan fingerprint density at radius 1 is 1.33 bits per heavy atom. The van der Waals surface area contributed by atoms with Crippen LogP contribution in [-0.4, -0.2) is 42.9 Å². The molecule has 3 aromatic rings. The topological polar surface area (TPSA) is 101 Å². The number of rotatable bonds is 3. The number of carbonyl (C=O) groups is 1. The van der Waals surface area contributed by atoms with Crippen LogP contribution < -0.4 is 0 Å². The molecule has 24 heavy (non-hydrogen) atoms. The number of carbonyl (C=O) groups excluding carboxylic acids is 1. The molecule has 0 bridgehead atoms. The van der Waals surface area contributed by atoms with Crippen molar-refractivity contribution in [1.82, 2.24) is 30.5 Å². The highest BCUT2D eigenvalue weighted by molar-refractivity contribution is 5.97. The first-order chi connectivity index (χ1) is 11.6. The highest BCUT2D eigenvalue weighted by atomic mass is 16.5. The Morgan fingerprint density at radius 2 is 2.17 bits per heavy atom. The van der Waals surface area contributed by atoms with Gasteiger partial charge in [-0.2, -0.15) is 20.4 Å². The predicted octanol–water partition coefficient (Wildman–Crippen LogP) is 2.44. The van der Waals surface area contributed by atoms with Crippen LogP contribution in [0.3, 0.4) is 0 Å². The number of aromatic nitrogens is 5. The van der Waals surface area contributed by atoms with Gasteiger partial charge in [-0.05, 0) is 31.0 Å². The van der Waals surface area contributed by atoms with Crippen LogP contribution in [0.5, 0.6) is 0 Å². The molecule has 3 heterocycles. The van der Waals surface area contributed by atoms with Crippen LogP contribution in [0, 0.1) is 0 Å². The Balaban J connectivity index is 1.62. The number of amides is 1. The van der Waals surface area contributed by atoms with Crippen LogP contribution in [0.15, 0.2) is 22.7 Å². The summed E-state index contributed by atoms with van der Waals surface area (Å²) in [7, 11) is 0. The van der Waals surface area contributed by atoms with E-state index in [0.717, 1.165) is 18.4 Å². The Bertz CT molecular complexity index is 883. The van der Waals surface area contributed by atoms with Gasteiger partial charge in [-0.25, -0.2) is 0 Å². The van der Waals surface area contributed by atoms with Gasteiger partial charge in [0.05, 0.1) is 0 Å². The van der Waals surface area contributed by atoms with E-state index in [4.69, 9.17) is 4.52 Å². The maximum absolute atomic E-state index is 12.9. The number of H-pyrrole nitrogens is 1. The lowest BCUT2D eigenvalue weighted by Gasteiger charge is -2.21. The average molecular weight is 326 g/mol. The highest BCUT2D eigenvalue weighted by Gasteiger charge is 2.34. The van der Waals surface area contributed by atoms with E-state index in [0.29, 0.717) is 29.3 Å². The first kappa shape index (κ1) is 14.8. The lowest BCUT2D eigenvalue weighted by molar-refractivity contribution is 0.0710. The first-order valence-corrected chi connectivity index (χ1v) is 8.08. The van der Waals surface area contributed by atoms with Crippen molar-refractivity contribution in [3.63, 3.8) is 0 Å². The SMILES string of the molecule is CC(C)c1noc(C2CCCN2C(=O)c2ccc3n[nH]nc3c2)n1. The van der Waals surface area contributed by atoms with E-state index in [1.165, 1.54) is 0 Å². The van der Waals surface area contributed by atoms with Crippen LogP contribution in [0.2, 0.25) is 0 Å². The molecular formula is C16H18N6O2. The monoisotopic (exact) mass is 326 g/mol. The average Bonchev–Trinajstić information content (AvgIpc) is 3.31. The van der Waals surface area contributed by atoms with Crippen molar-refractivity contribution in [2.45, 2.75) is 38.6 Å². The van der Waals surface area contributed by atoms with Crippen molar-refractivity contribution in [3.8, 4) is 0 Å². The van der Waals surface area contributed by atoms with Crippen LogP contribution in [-0.2, 0) is 0 Å². The van der Waals surface area contributed by atoms with E-state index in [1.54, 1.807) is 23.1 Å². The maximum Gasteiger partial charge on any atom is 0.254 e. The summed E-state index contributed by atoms with van der Waals surface area (Å²) in [5.74, 6) is 1.34. The second kappa shape index (κ2) is 5.70. The zero-order valence-electron chi connectivity index (χ0n) is 13.6. The summed E-state index contributed by atoms with van der Waals surface area (Å²) in [6.07, 6.45) is 1.75. The molecule has 0 spiro atoms. The van der Waals surface area contributed by atoms with E-state index in [2.05, 4.69) is 25.6 Å². The zero-order chi connectivity index (χ0) is 16.7. The molecule has 4 rings (SSSR count). The largest absolute Gasteiger partial charge is 0.337 e. The Labute approximate surface area is 138 Å². The second-order valence-electron chi connectivity index (χ2n) is 6.33. The lowest BCUT2D eigenvalue weighted by atomic mass is 10.1. The predicted molar refractivity (Wildman–Crippen MR) is 85.3 cm³/mol. The number of hydrogen-bond donors (Lipinski definition) is 1. The van der Waals surface area contributed by atoms with E-state index in [-0.39, 0.29) is 17.9 Å². The van der Waals surface area contributed by atoms with E-state index < -0.39 is 0 Å². The van der Waals surface area contributed by atoms with E-state index in [1.807, 2.05) is 13.8 Å². The lowest BCUT2D eigenvalue weighted by Crippen LogP contribution is -2.30. The molecule has 0 saturated carbocycles. The van der Waals surface area contributed by atoms with Gasteiger partial charge in [-0.15, -0.1) is 0 Å². The Hall–Kier alpha value is -2.77. The van der Waals surface area contributed by atoms with Gasteiger partial charge in [0.15, 0.2) is 5.82 Å². The number of nitrogens with zero attached hydrogens (tertiary/aromatic N) is 5. The van der Waals surface area contributed by atoms with Crippen LogP contribution >= 0.6 is 0 Å². The third-order valence-corrected chi connectivity index (χ3v) is 4.34. The fraction of sp³-hybridized carbons (Fsp3) is 0.438. The summed E-state index contributed by atoms with van der Waals surface area (Å²) in [5, 5.41) is 14.6. The molecule has 1 N–H and O–H groups in total. The molecule has 8 heteroatoms. The molecule has 124 valence electrons. The van der Waals surface area contributed by atoms with Gasteiger partial charge in [0.1, 0.15) is 17.1 Å². The van der Waals surface area contributed by atoms with Gasteiger partial charge < -0.3 is 9.42 Å². The number of benzene rings is 1. The molecule has 1 fully saturated rings. The number of aromatic amines is 1. The normalized spacial score (nSPS) is 18.0. The molecule has 1 atom stereocenters. The number of fused-ring (bicyclic) bond motifs is 1. The molecule has 1 aromatic carbocycles. The zero-order valence-corrected chi connectivity index (χ0v) is 13.6. The van der Waals surface area contributed by atoms with Crippen LogP contribution in [0.25, 0.3) is 11.0 Å². The second-order valence-corrected chi connectivity index (χ2v) is 6.33. The number of hydrogen-bond acceptors (Lipinski definition) is 6. The van der Waals surface area contributed by atoms with Crippen molar-refractivity contribution in [3.05, 3.63) is 35.5 Å². The van der Waals surface area contributed by atoms with Crippen molar-refractivity contribution in [2.75, 3.05) is 6.54 Å². The van der Waals surface area contributed by atoms with Crippen LogP contribution in [0.1, 0.15) is 60.7 Å². The summed E-state index contributed by atoms with van der Waals surface area (Å²) >= 11 is 0. The van der Waals surface area contributed by atoms with Gasteiger partial charge >= 0.3 is 0 Å². The van der Waals surface area contributed by atoms with E-state index >= 15 is 0 Å². The Morgan fingerprint density at radius 3 is 2.96 bits per heavy atom. The standard InChI is InChI=1S/C16H18N6O2/c1-9(2)14-17-15(24-20-14)13-4-3-7-22(13)16(23)10-5-6-11-12(8-10)19-21-18-11/h5-6,8-9,13H,3-4,7H2,1-2H3,(H,18,19,21). The molecule has 1 amide bonds. The molecule has 0 radical (unpaired) electrons. The minimum atomic E-state index is -0.162. The minimum absolute atomic E-state index is 0.0494. The molecular weight excluding hydrogens is 308 g/mol. The smallest absolute Gasteiger partial charge is 0.254 e. The summed E-state index contributed by atoms with van der Waals surface area (Å²) in [5.41, 5.74) is 2.01. The molecule has 0 aliphatic carbocycles. The van der Waals surface area contributed by atoms with Crippen molar-refractivity contribution >= 4 is 16.9 Å². The molecule has 2 aromatic heterocycles. The first-order valence-electron chi connectivity index (χ1n) is 8.08.